The first-order chi connectivity index (χ1) is 13.2. The lowest BCUT2D eigenvalue weighted by Gasteiger charge is -2.42. The molecule has 1 saturated heterocycles. The predicted octanol–water partition coefficient (Wildman–Crippen LogP) is 4.88. The van der Waals surface area contributed by atoms with Gasteiger partial charge in [0.25, 0.3) is 0 Å². The number of hydrogen-bond acceptors (Lipinski definition) is 3. The number of hydrogen-bond donors (Lipinski definition) is 2. The average Bonchev–Trinajstić information content (AvgIpc) is 2.74. The van der Waals surface area contributed by atoms with Gasteiger partial charge >= 0.3 is 0 Å². The van der Waals surface area contributed by atoms with Crippen LogP contribution < -0.4 is 5.32 Å². The summed E-state index contributed by atoms with van der Waals surface area (Å²) in [5.74, 6) is 0.195. The summed E-state index contributed by atoms with van der Waals surface area (Å²) in [6.45, 7) is 5.22. The fourth-order valence-electron chi connectivity index (χ4n) is 4.79. The van der Waals surface area contributed by atoms with Crippen LogP contribution in [0.4, 0.5) is 0 Å². The van der Waals surface area contributed by atoms with E-state index in [2.05, 4.69) is 64.8 Å². The van der Waals surface area contributed by atoms with Crippen molar-refractivity contribution in [2.75, 3.05) is 32.7 Å². The van der Waals surface area contributed by atoms with Crippen LogP contribution in [0.5, 0.6) is 0 Å². The average molecular weight is 437 g/mol. The minimum absolute atomic E-state index is 0. The fraction of sp³-hybridized carbons (Fsp3) is 0.500. The zero-order chi connectivity index (χ0) is 18.5. The van der Waals surface area contributed by atoms with E-state index in [-0.39, 0.29) is 30.7 Å². The summed E-state index contributed by atoms with van der Waals surface area (Å²) in [7, 11) is 0. The molecule has 1 aliphatic carbocycles. The first-order valence-electron chi connectivity index (χ1n) is 10.6. The molecule has 5 heteroatoms. The van der Waals surface area contributed by atoms with Crippen LogP contribution in [0.25, 0.3) is 11.1 Å². The number of halogens is 2. The molecule has 1 aliphatic heterocycles. The Labute approximate surface area is 187 Å². The smallest absolute Gasteiger partial charge is 0.0728 e. The lowest BCUT2D eigenvalue weighted by Crippen LogP contribution is -2.49. The molecule has 160 valence electrons. The Morgan fingerprint density at radius 3 is 2.03 bits per heavy atom. The van der Waals surface area contributed by atoms with Crippen LogP contribution in [-0.2, 0) is 0 Å². The van der Waals surface area contributed by atoms with Crippen molar-refractivity contribution < 1.29 is 5.11 Å². The molecule has 1 atom stereocenters. The second-order valence-electron chi connectivity index (χ2n) is 8.26. The van der Waals surface area contributed by atoms with Crippen LogP contribution in [-0.4, -0.2) is 48.3 Å². The Bertz CT molecular complexity index is 711. The second kappa shape index (κ2) is 11.3. The zero-order valence-electron chi connectivity index (χ0n) is 17.1. The van der Waals surface area contributed by atoms with Crippen molar-refractivity contribution in [1.82, 2.24) is 10.2 Å². The van der Waals surface area contributed by atoms with Gasteiger partial charge in [0.05, 0.1) is 5.60 Å². The summed E-state index contributed by atoms with van der Waals surface area (Å²) >= 11 is 0. The molecule has 4 rings (SSSR count). The molecule has 2 aromatic carbocycles. The fourth-order valence-corrected chi connectivity index (χ4v) is 4.79. The van der Waals surface area contributed by atoms with Crippen molar-refractivity contribution in [3.8, 4) is 11.1 Å². The lowest BCUT2D eigenvalue weighted by molar-refractivity contribution is -0.0316. The molecule has 29 heavy (non-hydrogen) atoms. The van der Waals surface area contributed by atoms with Crippen LogP contribution >= 0.6 is 24.8 Å². The van der Waals surface area contributed by atoms with Crippen molar-refractivity contribution in [3.63, 3.8) is 0 Å². The van der Waals surface area contributed by atoms with Crippen LogP contribution in [0.2, 0.25) is 0 Å². The van der Waals surface area contributed by atoms with E-state index >= 15 is 0 Å². The van der Waals surface area contributed by atoms with Crippen molar-refractivity contribution in [1.29, 1.82) is 0 Å². The summed E-state index contributed by atoms with van der Waals surface area (Å²) in [4.78, 5) is 2.53. The maximum absolute atomic E-state index is 11.6. The predicted molar refractivity (Wildman–Crippen MR) is 126 cm³/mol. The van der Waals surface area contributed by atoms with Crippen molar-refractivity contribution in [2.45, 2.75) is 43.6 Å². The number of aliphatic hydroxyl groups is 1. The summed E-state index contributed by atoms with van der Waals surface area (Å²) in [5.41, 5.74) is 3.23. The van der Waals surface area contributed by atoms with E-state index in [1.165, 1.54) is 23.1 Å². The molecule has 0 radical (unpaired) electrons. The van der Waals surface area contributed by atoms with Crippen molar-refractivity contribution in [3.05, 3.63) is 60.2 Å². The van der Waals surface area contributed by atoms with E-state index < -0.39 is 5.60 Å². The number of rotatable bonds is 5. The maximum Gasteiger partial charge on any atom is 0.0728 e. The standard InChI is InChI=1S/C24H32N2O.2ClH/c27-24(13-5-2-6-14-24)23(19-26-17-15-25-16-18-26)22-11-9-21(10-12-22)20-7-3-1-4-8-20;;/h1,3-4,7-12,23,25,27H,2,5-6,13-19H2;2*1H. The molecule has 1 heterocycles. The molecule has 2 N–H and O–H groups in total. The topological polar surface area (TPSA) is 35.5 Å². The highest BCUT2D eigenvalue weighted by Crippen LogP contribution is 2.41. The summed E-state index contributed by atoms with van der Waals surface area (Å²) in [6.07, 6.45) is 5.43. The third-order valence-electron chi connectivity index (χ3n) is 6.44. The molecule has 3 nitrogen and oxygen atoms in total. The molecule has 0 bridgehead atoms. The lowest BCUT2D eigenvalue weighted by atomic mass is 9.72. The van der Waals surface area contributed by atoms with Gasteiger partial charge in [0.1, 0.15) is 0 Å². The molecular weight excluding hydrogens is 403 g/mol. The molecule has 1 unspecified atom stereocenters. The van der Waals surface area contributed by atoms with Gasteiger partial charge in [0.15, 0.2) is 0 Å². The highest BCUT2D eigenvalue weighted by Gasteiger charge is 2.39. The van der Waals surface area contributed by atoms with Gasteiger partial charge in [-0.2, -0.15) is 0 Å². The Morgan fingerprint density at radius 1 is 0.828 bits per heavy atom. The minimum Gasteiger partial charge on any atom is -0.389 e. The van der Waals surface area contributed by atoms with E-state index in [9.17, 15) is 5.11 Å². The highest BCUT2D eigenvalue weighted by atomic mass is 35.5. The van der Waals surface area contributed by atoms with Gasteiger partial charge in [-0.05, 0) is 29.5 Å². The third kappa shape index (κ3) is 5.96. The molecule has 2 fully saturated rings. The van der Waals surface area contributed by atoms with Crippen molar-refractivity contribution >= 4 is 24.8 Å². The molecule has 0 amide bonds. The van der Waals surface area contributed by atoms with Gasteiger partial charge in [-0.3, -0.25) is 0 Å². The van der Waals surface area contributed by atoms with Gasteiger partial charge < -0.3 is 15.3 Å². The molecular formula is C24H34Cl2N2O. The number of benzene rings is 2. The first-order valence-corrected chi connectivity index (χ1v) is 10.6. The van der Waals surface area contributed by atoms with E-state index in [0.29, 0.717) is 0 Å². The van der Waals surface area contributed by atoms with Gasteiger partial charge in [-0.1, -0.05) is 73.9 Å². The Morgan fingerprint density at radius 2 is 1.41 bits per heavy atom. The third-order valence-corrected chi connectivity index (χ3v) is 6.44. The second-order valence-corrected chi connectivity index (χ2v) is 8.26. The van der Waals surface area contributed by atoms with Gasteiger partial charge in [0.2, 0.25) is 0 Å². The Balaban J connectivity index is 0.00000150. The monoisotopic (exact) mass is 436 g/mol. The van der Waals surface area contributed by atoms with E-state index in [1.54, 1.807) is 0 Å². The molecule has 0 aromatic heterocycles. The van der Waals surface area contributed by atoms with Crippen molar-refractivity contribution in [2.24, 2.45) is 0 Å². The van der Waals surface area contributed by atoms with Crippen LogP contribution in [0, 0.1) is 0 Å². The van der Waals surface area contributed by atoms with E-state index in [1.807, 2.05) is 0 Å². The molecule has 2 aromatic rings. The van der Waals surface area contributed by atoms with Gasteiger partial charge in [-0.15, -0.1) is 24.8 Å². The minimum atomic E-state index is -0.558. The number of nitrogens with one attached hydrogen (secondary N) is 1. The summed E-state index contributed by atoms with van der Waals surface area (Å²) in [6, 6.07) is 19.5. The van der Waals surface area contributed by atoms with Gasteiger partial charge in [0, 0.05) is 38.6 Å². The van der Waals surface area contributed by atoms with Gasteiger partial charge in [-0.25, -0.2) is 0 Å². The van der Waals surface area contributed by atoms with Crippen LogP contribution in [0.1, 0.15) is 43.6 Å². The molecule has 1 saturated carbocycles. The normalized spacial score (nSPS) is 20.2. The zero-order valence-corrected chi connectivity index (χ0v) is 18.7. The number of nitrogens with zero attached hydrogens (tertiary/aromatic N) is 1. The molecule has 0 spiro atoms. The molecule has 2 aliphatic rings. The van der Waals surface area contributed by atoms with Crippen LogP contribution in [0.3, 0.4) is 0 Å². The quantitative estimate of drug-likeness (QED) is 0.700. The highest BCUT2D eigenvalue weighted by molar-refractivity contribution is 5.85. The Hall–Kier alpha value is -1.10. The van der Waals surface area contributed by atoms with E-state index in [4.69, 9.17) is 0 Å². The maximum atomic E-state index is 11.6. The van der Waals surface area contributed by atoms with Crippen LogP contribution in [0.15, 0.2) is 54.6 Å². The summed E-state index contributed by atoms with van der Waals surface area (Å²) in [5, 5.41) is 15.0. The SMILES string of the molecule is Cl.Cl.OC1(C(CN2CCNCC2)c2ccc(-c3ccccc3)cc2)CCCCC1. The summed E-state index contributed by atoms with van der Waals surface area (Å²) < 4.78 is 0. The Kier molecular flexibility index (Phi) is 9.45. The first kappa shape index (κ1) is 24.2. The number of piperazine rings is 1. The largest absolute Gasteiger partial charge is 0.389 e. The van der Waals surface area contributed by atoms with E-state index in [0.717, 1.165) is 58.4 Å².